The predicted octanol–water partition coefficient (Wildman–Crippen LogP) is 4.50. The minimum atomic E-state index is 0.535. The van der Waals surface area contributed by atoms with E-state index < -0.39 is 0 Å². The maximum absolute atomic E-state index is 5.68. The summed E-state index contributed by atoms with van der Waals surface area (Å²) >= 11 is 6.66. The van der Waals surface area contributed by atoms with Gasteiger partial charge in [-0.15, -0.1) is 21.5 Å². The Kier molecular flexibility index (Phi) is 3.73. The Labute approximate surface area is 142 Å². The van der Waals surface area contributed by atoms with Crippen molar-refractivity contribution in [2.75, 3.05) is 0 Å². The second-order valence-electron chi connectivity index (χ2n) is 4.43. The summed E-state index contributed by atoms with van der Waals surface area (Å²) in [5.74, 6) is 1.21. The van der Waals surface area contributed by atoms with Gasteiger partial charge >= 0.3 is 0 Å². The summed E-state index contributed by atoms with van der Waals surface area (Å²) in [5, 5.41) is 10.7. The third kappa shape index (κ3) is 2.57. The van der Waals surface area contributed by atoms with Crippen LogP contribution in [0.1, 0.15) is 5.69 Å². The van der Waals surface area contributed by atoms with Gasteiger partial charge in [-0.2, -0.15) is 0 Å². The monoisotopic (exact) mass is 392 g/mol. The highest BCUT2D eigenvalue weighted by Gasteiger charge is 2.13. The van der Waals surface area contributed by atoms with Gasteiger partial charge in [0.25, 0.3) is 5.22 Å². The van der Waals surface area contributed by atoms with Crippen molar-refractivity contribution in [3.05, 3.63) is 52.2 Å². The molecule has 8 heteroatoms. The first-order valence-corrected chi connectivity index (χ1v) is 9.09. The van der Waals surface area contributed by atoms with Crippen molar-refractivity contribution in [3.63, 3.8) is 0 Å². The van der Waals surface area contributed by atoms with Crippen LogP contribution in [0.3, 0.4) is 0 Å². The molecular weight excluding hydrogens is 384 g/mol. The van der Waals surface area contributed by atoms with Crippen molar-refractivity contribution in [1.82, 2.24) is 19.6 Å². The molecule has 22 heavy (non-hydrogen) atoms. The molecule has 3 aromatic heterocycles. The van der Waals surface area contributed by atoms with E-state index in [4.69, 9.17) is 4.42 Å². The SMILES string of the molecule is Brc1c(CSc2nnc(-c3ccccc3)o2)nc2sccn12. The lowest BCUT2D eigenvalue weighted by atomic mass is 10.2. The number of imidazole rings is 1. The molecule has 1 aromatic carbocycles. The number of nitrogens with zero attached hydrogens (tertiary/aromatic N) is 4. The van der Waals surface area contributed by atoms with Crippen LogP contribution in [-0.4, -0.2) is 19.6 Å². The van der Waals surface area contributed by atoms with Gasteiger partial charge in [0.15, 0.2) is 4.96 Å². The van der Waals surface area contributed by atoms with Gasteiger partial charge in [-0.3, -0.25) is 4.40 Å². The fourth-order valence-electron chi connectivity index (χ4n) is 1.99. The van der Waals surface area contributed by atoms with Crippen molar-refractivity contribution in [2.45, 2.75) is 11.0 Å². The number of hydrogen-bond donors (Lipinski definition) is 0. The van der Waals surface area contributed by atoms with E-state index in [0.29, 0.717) is 16.9 Å². The van der Waals surface area contributed by atoms with Gasteiger partial charge in [0, 0.05) is 22.9 Å². The smallest absolute Gasteiger partial charge is 0.277 e. The van der Waals surface area contributed by atoms with Crippen LogP contribution in [0.15, 0.2) is 56.2 Å². The Morgan fingerprint density at radius 1 is 1.23 bits per heavy atom. The van der Waals surface area contributed by atoms with E-state index in [-0.39, 0.29) is 0 Å². The summed E-state index contributed by atoms with van der Waals surface area (Å²) in [6, 6.07) is 9.74. The quantitative estimate of drug-likeness (QED) is 0.478. The van der Waals surface area contributed by atoms with E-state index in [9.17, 15) is 0 Å². The number of benzene rings is 1. The average molecular weight is 393 g/mol. The molecule has 0 fully saturated rings. The van der Waals surface area contributed by atoms with Crippen LogP contribution >= 0.6 is 39.0 Å². The van der Waals surface area contributed by atoms with Gasteiger partial charge in [0.2, 0.25) is 5.89 Å². The molecule has 0 aliphatic rings. The zero-order chi connectivity index (χ0) is 14.9. The first-order chi connectivity index (χ1) is 10.8. The molecule has 0 unspecified atom stereocenters. The molecule has 0 N–H and O–H groups in total. The number of thioether (sulfide) groups is 1. The van der Waals surface area contributed by atoms with E-state index in [1.807, 2.05) is 46.3 Å². The average Bonchev–Trinajstić information content (AvgIpc) is 3.25. The second kappa shape index (κ2) is 5.86. The molecule has 0 saturated carbocycles. The Morgan fingerprint density at radius 3 is 2.91 bits per heavy atom. The van der Waals surface area contributed by atoms with Gasteiger partial charge in [-0.05, 0) is 28.1 Å². The van der Waals surface area contributed by atoms with Crippen LogP contribution in [0.2, 0.25) is 0 Å². The van der Waals surface area contributed by atoms with Crippen LogP contribution in [-0.2, 0) is 5.75 Å². The molecule has 4 aromatic rings. The molecule has 0 aliphatic carbocycles. The Bertz CT molecular complexity index is 915. The molecule has 0 atom stereocenters. The lowest BCUT2D eigenvalue weighted by Gasteiger charge is -1.95. The molecular formula is C14H9BrN4OS2. The molecule has 0 amide bonds. The number of halogens is 1. The van der Waals surface area contributed by atoms with Crippen molar-refractivity contribution in [2.24, 2.45) is 0 Å². The summed E-state index contributed by atoms with van der Waals surface area (Å²) in [7, 11) is 0. The van der Waals surface area contributed by atoms with Gasteiger partial charge in [0.1, 0.15) is 4.60 Å². The molecule has 110 valence electrons. The number of thiazole rings is 1. The Morgan fingerprint density at radius 2 is 2.09 bits per heavy atom. The first-order valence-electron chi connectivity index (χ1n) is 6.43. The van der Waals surface area contributed by atoms with Crippen LogP contribution in [0.4, 0.5) is 0 Å². The first kappa shape index (κ1) is 14.0. The van der Waals surface area contributed by atoms with Crippen LogP contribution in [0.25, 0.3) is 16.4 Å². The topological polar surface area (TPSA) is 56.2 Å². The van der Waals surface area contributed by atoms with Crippen LogP contribution in [0.5, 0.6) is 0 Å². The minimum Gasteiger partial charge on any atom is -0.411 e. The minimum absolute atomic E-state index is 0.535. The Balaban J connectivity index is 1.51. The summed E-state index contributed by atoms with van der Waals surface area (Å²) < 4.78 is 8.67. The number of aromatic nitrogens is 4. The highest BCUT2D eigenvalue weighted by Crippen LogP contribution is 2.29. The molecule has 0 bridgehead atoms. The van der Waals surface area contributed by atoms with E-state index in [1.165, 1.54) is 11.8 Å². The highest BCUT2D eigenvalue weighted by atomic mass is 79.9. The molecule has 0 aliphatic heterocycles. The summed E-state index contributed by atoms with van der Waals surface area (Å²) in [5.41, 5.74) is 1.89. The third-order valence-electron chi connectivity index (χ3n) is 3.03. The standard InChI is InChI=1S/C14H9BrN4OS2/c15-11-10(16-13-19(11)6-7-21-13)8-22-14-18-17-12(20-14)9-4-2-1-3-5-9/h1-7H,8H2. The van der Waals surface area contributed by atoms with Crippen LogP contribution in [0, 0.1) is 0 Å². The normalized spacial score (nSPS) is 11.3. The van der Waals surface area contributed by atoms with Gasteiger partial charge in [-0.1, -0.05) is 30.0 Å². The van der Waals surface area contributed by atoms with Gasteiger partial charge in [0.05, 0.1) is 5.69 Å². The molecule has 3 heterocycles. The fraction of sp³-hybridized carbons (Fsp3) is 0.0714. The van der Waals surface area contributed by atoms with Crippen LogP contribution < -0.4 is 0 Å². The number of fused-ring (bicyclic) bond motifs is 1. The van der Waals surface area contributed by atoms with Gasteiger partial charge < -0.3 is 4.42 Å². The molecule has 5 nitrogen and oxygen atoms in total. The van der Waals surface area contributed by atoms with Crippen molar-refractivity contribution < 1.29 is 4.42 Å². The van der Waals surface area contributed by atoms with E-state index in [2.05, 4.69) is 31.1 Å². The maximum atomic E-state index is 5.68. The molecule has 0 spiro atoms. The Hall–Kier alpha value is -1.64. The third-order valence-corrected chi connectivity index (χ3v) is 5.46. The van der Waals surface area contributed by atoms with Crippen molar-refractivity contribution >= 4 is 44.0 Å². The van der Waals surface area contributed by atoms with Crippen molar-refractivity contribution in [1.29, 1.82) is 0 Å². The summed E-state index contributed by atoms with van der Waals surface area (Å²) in [6.07, 6.45) is 1.99. The summed E-state index contributed by atoms with van der Waals surface area (Å²) in [4.78, 5) is 5.55. The highest BCUT2D eigenvalue weighted by molar-refractivity contribution is 9.10. The van der Waals surface area contributed by atoms with Gasteiger partial charge in [-0.25, -0.2) is 4.98 Å². The predicted molar refractivity (Wildman–Crippen MR) is 90.1 cm³/mol. The van der Waals surface area contributed by atoms with Crippen molar-refractivity contribution in [3.8, 4) is 11.5 Å². The second-order valence-corrected chi connectivity index (χ2v) is 6.98. The fourth-order valence-corrected chi connectivity index (χ4v) is 4.24. The van der Waals surface area contributed by atoms with E-state index in [1.54, 1.807) is 11.3 Å². The van der Waals surface area contributed by atoms with E-state index >= 15 is 0 Å². The zero-order valence-corrected chi connectivity index (χ0v) is 14.4. The summed E-state index contributed by atoms with van der Waals surface area (Å²) in [6.45, 7) is 0. The lowest BCUT2D eigenvalue weighted by Crippen LogP contribution is -1.83. The number of hydrogen-bond acceptors (Lipinski definition) is 6. The maximum Gasteiger partial charge on any atom is 0.277 e. The lowest BCUT2D eigenvalue weighted by molar-refractivity contribution is 0.466. The molecule has 0 saturated heterocycles. The number of rotatable bonds is 4. The largest absolute Gasteiger partial charge is 0.411 e. The molecule has 4 rings (SSSR count). The molecule has 0 radical (unpaired) electrons. The zero-order valence-electron chi connectivity index (χ0n) is 11.1. The van der Waals surface area contributed by atoms with E-state index in [0.717, 1.165) is 20.8 Å².